The molecular weight excluding hydrogens is 913 g/mol. The van der Waals surface area contributed by atoms with E-state index in [-0.39, 0.29) is 31.1 Å². The highest BCUT2D eigenvalue weighted by atomic mass is 16.6. The monoisotopic (exact) mass is 1040 g/mol. The summed E-state index contributed by atoms with van der Waals surface area (Å²) in [5.74, 6) is -0.871. The zero-order valence-corrected chi connectivity index (χ0v) is 49.6. The Kier molecular flexibility index (Phi) is 60.7. The zero-order valence-electron chi connectivity index (χ0n) is 49.6. The fraction of sp³-hybridized carbons (Fsp3) is 0.838. The lowest BCUT2D eigenvalue weighted by atomic mass is 10.0. The molecular formula is C68H124O6. The zero-order chi connectivity index (χ0) is 53.6. The predicted octanol–water partition coefficient (Wildman–Crippen LogP) is 22.2. The molecule has 0 aromatic heterocycles. The smallest absolute Gasteiger partial charge is 0.306 e. The van der Waals surface area contributed by atoms with Crippen LogP contribution < -0.4 is 0 Å². The lowest BCUT2D eigenvalue weighted by molar-refractivity contribution is -0.167. The molecule has 0 aromatic carbocycles. The van der Waals surface area contributed by atoms with Crippen molar-refractivity contribution in [1.29, 1.82) is 0 Å². The maximum absolute atomic E-state index is 12.9. The number of carbonyl (C=O) groups excluding carboxylic acids is 3. The summed E-state index contributed by atoms with van der Waals surface area (Å²) in [7, 11) is 0. The average molecular weight is 1040 g/mol. The highest BCUT2D eigenvalue weighted by Crippen LogP contribution is 2.17. The Morgan fingerprint density at radius 1 is 0.270 bits per heavy atom. The third-order valence-electron chi connectivity index (χ3n) is 14.6. The van der Waals surface area contributed by atoms with Gasteiger partial charge in [0.2, 0.25) is 0 Å². The van der Waals surface area contributed by atoms with Crippen molar-refractivity contribution in [2.45, 2.75) is 354 Å². The predicted molar refractivity (Wildman–Crippen MR) is 321 cm³/mol. The topological polar surface area (TPSA) is 78.9 Å². The van der Waals surface area contributed by atoms with Crippen LogP contribution in [-0.4, -0.2) is 37.2 Å². The van der Waals surface area contributed by atoms with Gasteiger partial charge in [0.15, 0.2) is 6.10 Å². The Morgan fingerprint density at radius 2 is 0.486 bits per heavy atom. The molecule has 0 aliphatic heterocycles. The standard InChI is InChI=1S/C68H124O6/c1-4-7-10-13-16-19-22-25-28-31-33-35-37-40-43-46-49-52-55-58-61-67(70)73-64-65(63-72-66(69)60-57-54-51-48-45-42-39-36-30-27-24-21-18-15-12-9-6-3)74-68(71)62-59-56-53-50-47-44-41-38-34-32-29-26-23-20-17-14-11-8-5-2/h17,20,26-27,29-30,34,38,65H,4-16,18-19,21-25,28,31-33,35-37,39-64H2,1-3H3/b20-17-,29-26-,30-27-,38-34-. The van der Waals surface area contributed by atoms with Crippen LogP contribution in [0.25, 0.3) is 0 Å². The molecule has 432 valence electrons. The molecule has 6 heteroatoms. The minimum absolute atomic E-state index is 0.0762. The van der Waals surface area contributed by atoms with Crippen LogP contribution in [0.3, 0.4) is 0 Å². The quantitative estimate of drug-likeness (QED) is 0.0261. The Morgan fingerprint density at radius 3 is 0.797 bits per heavy atom. The molecule has 74 heavy (non-hydrogen) atoms. The Hall–Kier alpha value is -2.63. The first-order valence-electron chi connectivity index (χ1n) is 32.6. The first-order valence-corrected chi connectivity index (χ1v) is 32.6. The van der Waals surface area contributed by atoms with Crippen LogP contribution in [0.4, 0.5) is 0 Å². The summed E-state index contributed by atoms with van der Waals surface area (Å²) in [4.78, 5) is 38.4. The van der Waals surface area contributed by atoms with Crippen molar-refractivity contribution in [3.8, 4) is 0 Å². The van der Waals surface area contributed by atoms with E-state index in [4.69, 9.17) is 14.2 Å². The Labute approximate surface area is 460 Å². The fourth-order valence-corrected chi connectivity index (χ4v) is 9.62. The van der Waals surface area contributed by atoms with Gasteiger partial charge in [-0.3, -0.25) is 14.4 Å². The van der Waals surface area contributed by atoms with E-state index < -0.39 is 6.10 Å². The highest BCUT2D eigenvalue weighted by Gasteiger charge is 2.19. The molecule has 0 spiro atoms. The molecule has 0 radical (unpaired) electrons. The lowest BCUT2D eigenvalue weighted by Gasteiger charge is -2.18. The maximum Gasteiger partial charge on any atom is 0.306 e. The van der Waals surface area contributed by atoms with Crippen LogP contribution in [0.1, 0.15) is 348 Å². The van der Waals surface area contributed by atoms with Gasteiger partial charge in [-0.2, -0.15) is 0 Å². The highest BCUT2D eigenvalue weighted by molar-refractivity contribution is 5.71. The number of hydrogen-bond acceptors (Lipinski definition) is 6. The summed E-state index contributed by atoms with van der Waals surface area (Å²) in [6, 6.07) is 0. The molecule has 1 unspecified atom stereocenters. The van der Waals surface area contributed by atoms with E-state index in [1.165, 1.54) is 231 Å². The first kappa shape index (κ1) is 71.4. The number of unbranched alkanes of at least 4 members (excludes halogenated alkanes) is 41. The Balaban J connectivity index is 4.36. The van der Waals surface area contributed by atoms with Crippen molar-refractivity contribution in [2.75, 3.05) is 13.2 Å². The largest absolute Gasteiger partial charge is 0.462 e. The Bertz CT molecular complexity index is 1280. The van der Waals surface area contributed by atoms with Crippen molar-refractivity contribution in [2.24, 2.45) is 0 Å². The molecule has 0 aliphatic carbocycles. The van der Waals surface area contributed by atoms with E-state index in [9.17, 15) is 14.4 Å². The van der Waals surface area contributed by atoms with E-state index in [1.807, 2.05) is 0 Å². The fourth-order valence-electron chi connectivity index (χ4n) is 9.62. The first-order chi connectivity index (χ1) is 36.5. The van der Waals surface area contributed by atoms with E-state index in [2.05, 4.69) is 69.4 Å². The number of carbonyl (C=O) groups is 3. The molecule has 0 N–H and O–H groups in total. The van der Waals surface area contributed by atoms with Crippen molar-refractivity contribution < 1.29 is 28.6 Å². The summed E-state index contributed by atoms with van der Waals surface area (Å²) in [6.45, 7) is 6.65. The van der Waals surface area contributed by atoms with E-state index in [1.54, 1.807) is 0 Å². The number of hydrogen-bond donors (Lipinski definition) is 0. The molecule has 0 saturated heterocycles. The number of allylic oxidation sites excluding steroid dienone is 8. The van der Waals surface area contributed by atoms with Gasteiger partial charge in [-0.15, -0.1) is 0 Å². The van der Waals surface area contributed by atoms with Crippen molar-refractivity contribution in [3.05, 3.63) is 48.6 Å². The van der Waals surface area contributed by atoms with Gasteiger partial charge in [-0.05, 0) is 83.5 Å². The summed E-state index contributed by atoms with van der Waals surface area (Å²) in [6.07, 6.45) is 78.2. The van der Waals surface area contributed by atoms with Crippen LogP contribution in [0.2, 0.25) is 0 Å². The van der Waals surface area contributed by atoms with Crippen molar-refractivity contribution in [3.63, 3.8) is 0 Å². The molecule has 0 heterocycles. The second kappa shape index (κ2) is 62.9. The van der Waals surface area contributed by atoms with E-state index in [0.29, 0.717) is 19.3 Å². The van der Waals surface area contributed by atoms with Gasteiger partial charge < -0.3 is 14.2 Å². The van der Waals surface area contributed by atoms with Crippen LogP contribution in [0, 0.1) is 0 Å². The second-order valence-corrected chi connectivity index (χ2v) is 22.0. The van der Waals surface area contributed by atoms with Gasteiger partial charge in [-0.25, -0.2) is 0 Å². The molecule has 0 aliphatic rings. The van der Waals surface area contributed by atoms with Gasteiger partial charge in [0.1, 0.15) is 13.2 Å². The van der Waals surface area contributed by atoms with Crippen LogP contribution in [-0.2, 0) is 28.6 Å². The molecule has 0 fully saturated rings. The third-order valence-corrected chi connectivity index (χ3v) is 14.6. The van der Waals surface area contributed by atoms with Gasteiger partial charge in [0, 0.05) is 19.3 Å². The van der Waals surface area contributed by atoms with Gasteiger partial charge in [-0.1, -0.05) is 294 Å². The molecule has 0 bridgehead atoms. The molecule has 0 saturated carbocycles. The molecule has 0 amide bonds. The van der Waals surface area contributed by atoms with Crippen molar-refractivity contribution >= 4 is 17.9 Å². The average Bonchev–Trinajstić information content (AvgIpc) is 3.40. The SMILES string of the molecule is CCCCC/C=C\C/C=C\C/C=C\CCCCCCCCC(=O)OC(COC(=O)CCCCCCCCC/C=C\CCCCCCCC)COC(=O)CCCCCCCCCCCCCCCCCCCCCC. The second-order valence-electron chi connectivity index (χ2n) is 22.0. The molecule has 1 atom stereocenters. The molecule has 0 rings (SSSR count). The number of esters is 3. The summed E-state index contributed by atoms with van der Waals surface area (Å²) < 4.78 is 17.0. The maximum atomic E-state index is 12.9. The number of ether oxygens (including phenoxy) is 3. The normalized spacial score (nSPS) is 12.3. The molecule has 0 aromatic rings. The van der Waals surface area contributed by atoms with Gasteiger partial charge >= 0.3 is 17.9 Å². The number of rotatable bonds is 60. The van der Waals surface area contributed by atoms with Gasteiger partial charge in [0.25, 0.3) is 0 Å². The summed E-state index contributed by atoms with van der Waals surface area (Å²) >= 11 is 0. The summed E-state index contributed by atoms with van der Waals surface area (Å²) in [5.41, 5.74) is 0. The van der Waals surface area contributed by atoms with Gasteiger partial charge in [0.05, 0.1) is 0 Å². The minimum atomic E-state index is -0.781. The summed E-state index contributed by atoms with van der Waals surface area (Å²) in [5, 5.41) is 0. The third kappa shape index (κ3) is 60.2. The minimum Gasteiger partial charge on any atom is -0.462 e. The lowest BCUT2D eigenvalue weighted by Crippen LogP contribution is -2.30. The van der Waals surface area contributed by atoms with Crippen LogP contribution in [0.15, 0.2) is 48.6 Å². The van der Waals surface area contributed by atoms with Crippen LogP contribution in [0.5, 0.6) is 0 Å². The van der Waals surface area contributed by atoms with Crippen molar-refractivity contribution in [1.82, 2.24) is 0 Å². The van der Waals surface area contributed by atoms with Crippen LogP contribution >= 0.6 is 0 Å². The van der Waals surface area contributed by atoms with E-state index in [0.717, 1.165) is 77.0 Å². The molecule has 6 nitrogen and oxygen atoms in total. The van der Waals surface area contributed by atoms with E-state index >= 15 is 0 Å².